The average molecular weight is 295 g/mol. The Bertz CT molecular complexity index is 389. The summed E-state index contributed by atoms with van der Waals surface area (Å²) >= 11 is 3.60. The zero-order valence-electron chi connectivity index (χ0n) is 10.2. The van der Waals surface area contributed by atoms with E-state index in [9.17, 15) is 0 Å². The van der Waals surface area contributed by atoms with Gasteiger partial charge < -0.3 is 4.90 Å². The zero-order valence-corrected chi connectivity index (χ0v) is 11.7. The van der Waals surface area contributed by atoms with E-state index in [2.05, 4.69) is 31.9 Å². The van der Waals surface area contributed by atoms with E-state index in [0.717, 1.165) is 10.3 Å². The number of pyridine rings is 1. The lowest BCUT2D eigenvalue weighted by atomic mass is 9.73. The quantitative estimate of drug-likeness (QED) is 0.778. The van der Waals surface area contributed by atoms with Crippen molar-refractivity contribution in [3.8, 4) is 0 Å². The van der Waals surface area contributed by atoms with Crippen molar-refractivity contribution in [1.29, 1.82) is 0 Å². The largest absolute Gasteiger partial charge is 0.354 e. The van der Waals surface area contributed by atoms with Crippen LogP contribution in [0, 0.1) is 5.41 Å². The van der Waals surface area contributed by atoms with Gasteiger partial charge in [0.1, 0.15) is 5.82 Å². The topological polar surface area (TPSA) is 16.1 Å². The van der Waals surface area contributed by atoms with Gasteiger partial charge in [-0.25, -0.2) is 4.98 Å². The van der Waals surface area contributed by atoms with Crippen molar-refractivity contribution in [2.45, 2.75) is 38.5 Å². The van der Waals surface area contributed by atoms with Gasteiger partial charge in [-0.15, -0.1) is 0 Å². The predicted molar refractivity (Wildman–Crippen MR) is 74.3 cm³/mol. The van der Waals surface area contributed by atoms with Gasteiger partial charge in [0.25, 0.3) is 0 Å². The summed E-state index contributed by atoms with van der Waals surface area (Å²) in [5.41, 5.74) is 0.619. The molecule has 0 radical (unpaired) electrons. The molecule has 17 heavy (non-hydrogen) atoms. The number of nitrogens with zero attached hydrogens (tertiary/aromatic N) is 2. The van der Waals surface area contributed by atoms with Crippen molar-refractivity contribution in [1.82, 2.24) is 4.98 Å². The Balaban J connectivity index is 1.69. The number of hydrogen-bond donors (Lipinski definition) is 0. The van der Waals surface area contributed by atoms with E-state index in [4.69, 9.17) is 0 Å². The smallest absolute Gasteiger partial charge is 0.142 e. The highest BCUT2D eigenvalue weighted by Gasteiger charge is 2.43. The SMILES string of the molecule is Brc1cccnc1N1CC2(CCCCCC2)C1. The second kappa shape index (κ2) is 4.60. The third-order valence-corrected chi connectivity index (χ3v) is 4.87. The fourth-order valence-electron chi connectivity index (χ4n) is 3.32. The second-order valence-electron chi connectivity index (χ2n) is 5.58. The molecule has 2 aliphatic rings. The first-order valence-corrected chi connectivity index (χ1v) is 7.44. The van der Waals surface area contributed by atoms with Crippen molar-refractivity contribution in [2.24, 2.45) is 5.41 Å². The van der Waals surface area contributed by atoms with Crippen LogP contribution in [0.3, 0.4) is 0 Å². The van der Waals surface area contributed by atoms with Crippen molar-refractivity contribution < 1.29 is 0 Å². The standard InChI is InChI=1S/C14H19BrN2/c15-12-6-5-9-16-13(12)17-10-14(11-17)7-3-1-2-4-8-14/h5-6,9H,1-4,7-8,10-11H2. The maximum Gasteiger partial charge on any atom is 0.142 e. The molecule has 92 valence electrons. The Morgan fingerprint density at radius 2 is 1.82 bits per heavy atom. The molecule has 2 fully saturated rings. The maximum absolute atomic E-state index is 4.48. The second-order valence-corrected chi connectivity index (χ2v) is 6.43. The highest BCUT2D eigenvalue weighted by Crippen LogP contribution is 2.45. The minimum Gasteiger partial charge on any atom is -0.354 e. The van der Waals surface area contributed by atoms with Gasteiger partial charge in [0.05, 0.1) is 4.47 Å². The predicted octanol–water partition coefficient (Wildman–Crippen LogP) is 4.00. The molecule has 0 amide bonds. The van der Waals surface area contributed by atoms with Crippen molar-refractivity contribution >= 4 is 21.7 Å². The van der Waals surface area contributed by atoms with Gasteiger partial charge in [-0.3, -0.25) is 0 Å². The van der Waals surface area contributed by atoms with E-state index < -0.39 is 0 Å². The Kier molecular flexibility index (Phi) is 3.12. The average Bonchev–Trinajstić information content (AvgIpc) is 2.53. The molecule has 3 heteroatoms. The number of aromatic nitrogens is 1. The first kappa shape index (κ1) is 11.5. The van der Waals surface area contributed by atoms with E-state index in [1.54, 1.807) is 0 Å². The monoisotopic (exact) mass is 294 g/mol. The molecule has 1 aliphatic heterocycles. The van der Waals surface area contributed by atoms with Gasteiger partial charge >= 0.3 is 0 Å². The Morgan fingerprint density at radius 3 is 2.47 bits per heavy atom. The lowest BCUT2D eigenvalue weighted by Gasteiger charge is -2.51. The van der Waals surface area contributed by atoms with Crippen LogP contribution in [0.2, 0.25) is 0 Å². The summed E-state index contributed by atoms with van der Waals surface area (Å²) in [4.78, 5) is 6.91. The molecule has 2 heterocycles. The highest BCUT2D eigenvalue weighted by atomic mass is 79.9. The Hall–Kier alpha value is -0.570. The third-order valence-electron chi connectivity index (χ3n) is 4.26. The summed E-state index contributed by atoms with van der Waals surface area (Å²) in [7, 11) is 0. The first-order valence-electron chi connectivity index (χ1n) is 6.65. The third kappa shape index (κ3) is 2.22. The molecule has 2 nitrogen and oxygen atoms in total. The maximum atomic E-state index is 4.48. The van der Waals surface area contributed by atoms with Gasteiger partial charge in [-0.2, -0.15) is 0 Å². The van der Waals surface area contributed by atoms with Crippen molar-refractivity contribution in [3.63, 3.8) is 0 Å². The first-order chi connectivity index (χ1) is 8.29. The molecule has 1 spiro atoms. The van der Waals surface area contributed by atoms with Crippen LogP contribution in [-0.4, -0.2) is 18.1 Å². The number of halogens is 1. The molecule has 1 saturated heterocycles. The molecule has 0 bridgehead atoms. The lowest BCUT2D eigenvalue weighted by molar-refractivity contribution is 0.179. The van der Waals surface area contributed by atoms with E-state index in [1.807, 2.05) is 12.3 Å². The molecule has 1 aliphatic carbocycles. The number of hydrogen-bond acceptors (Lipinski definition) is 2. The summed E-state index contributed by atoms with van der Waals surface area (Å²) in [6, 6.07) is 4.06. The highest BCUT2D eigenvalue weighted by molar-refractivity contribution is 9.10. The van der Waals surface area contributed by atoms with Gasteiger partial charge in [0.2, 0.25) is 0 Å². The zero-order chi connectivity index (χ0) is 11.7. The fourth-order valence-corrected chi connectivity index (χ4v) is 3.82. The van der Waals surface area contributed by atoms with Crippen LogP contribution in [0.15, 0.2) is 22.8 Å². The Morgan fingerprint density at radius 1 is 1.12 bits per heavy atom. The van der Waals surface area contributed by atoms with Gasteiger partial charge in [-0.05, 0) is 40.9 Å². The van der Waals surface area contributed by atoms with Crippen LogP contribution in [0.5, 0.6) is 0 Å². The van der Waals surface area contributed by atoms with Gasteiger partial charge in [-0.1, -0.05) is 25.7 Å². The van der Waals surface area contributed by atoms with Crippen molar-refractivity contribution in [2.75, 3.05) is 18.0 Å². The van der Waals surface area contributed by atoms with Crippen LogP contribution >= 0.6 is 15.9 Å². The molecular formula is C14H19BrN2. The molecule has 1 aromatic rings. The number of rotatable bonds is 1. The molecule has 0 atom stereocenters. The van der Waals surface area contributed by atoms with Crippen molar-refractivity contribution in [3.05, 3.63) is 22.8 Å². The van der Waals surface area contributed by atoms with Gasteiger partial charge in [0, 0.05) is 24.7 Å². The minimum atomic E-state index is 0.619. The van der Waals surface area contributed by atoms with Crippen LogP contribution < -0.4 is 4.90 Å². The Labute approximate surface area is 112 Å². The van der Waals surface area contributed by atoms with E-state index >= 15 is 0 Å². The van der Waals surface area contributed by atoms with E-state index in [0.29, 0.717) is 5.41 Å². The summed E-state index contributed by atoms with van der Waals surface area (Å²) in [6.45, 7) is 2.42. The molecule has 3 rings (SSSR count). The summed E-state index contributed by atoms with van der Waals surface area (Å²) in [5, 5.41) is 0. The van der Waals surface area contributed by atoms with Crippen LogP contribution in [0.25, 0.3) is 0 Å². The van der Waals surface area contributed by atoms with Crippen LogP contribution in [0.4, 0.5) is 5.82 Å². The van der Waals surface area contributed by atoms with E-state index in [-0.39, 0.29) is 0 Å². The van der Waals surface area contributed by atoms with E-state index in [1.165, 1.54) is 51.6 Å². The van der Waals surface area contributed by atoms with Crippen LogP contribution in [0.1, 0.15) is 38.5 Å². The van der Waals surface area contributed by atoms with Crippen LogP contribution in [-0.2, 0) is 0 Å². The minimum absolute atomic E-state index is 0.619. The molecule has 0 aromatic carbocycles. The summed E-state index contributed by atoms with van der Waals surface area (Å²) in [5.74, 6) is 1.13. The molecular weight excluding hydrogens is 276 g/mol. The lowest BCUT2D eigenvalue weighted by Crippen LogP contribution is -2.56. The molecule has 1 saturated carbocycles. The normalized spacial score (nSPS) is 23.2. The summed E-state index contributed by atoms with van der Waals surface area (Å²) < 4.78 is 1.13. The molecule has 1 aromatic heterocycles. The fraction of sp³-hybridized carbons (Fsp3) is 0.643. The number of anilines is 1. The van der Waals surface area contributed by atoms with Gasteiger partial charge in [0.15, 0.2) is 0 Å². The molecule has 0 unspecified atom stereocenters. The summed E-state index contributed by atoms with van der Waals surface area (Å²) in [6.07, 6.45) is 10.5. The molecule has 0 N–H and O–H groups in total.